The summed E-state index contributed by atoms with van der Waals surface area (Å²) in [7, 11) is 0. The van der Waals surface area contributed by atoms with E-state index in [-0.39, 0.29) is 23.9 Å². The van der Waals surface area contributed by atoms with Crippen LogP contribution in [0.25, 0.3) is 0 Å². The van der Waals surface area contributed by atoms with Gasteiger partial charge in [0.05, 0.1) is 12.2 Å². The van der Waals surface area contributed by atoms with Crippen LogP contribution in [-0.2, 0) is 28.5 Å². The lowest BCUT2D eigenvalue weighted by molar-refractivity contribution is -0.190. The number of ketones is 1. The molecule has 2 N–H and O–H groups in total. The topological polar surface area (TPSA) is 120 Å². The monoisotopic (exact) mass is 485 g/mol. The van der Waals surface area contributed by atoms with E-state index in [9.17, 15) is 19.5 Å². The number of hydrogen-bond donors (Lipinski definition) is 2. The van der Waals surface area contributed by atoms with E-state index in [0.717, 1.165) is 0 Å². The summed E-state index contributed by atoms with van der Waals surface area (Å²) in [6.07, 6.45) is -1.97. The van der Waals surface area contributed by atoms with Gasteiger partial charge in [-0.05, 0) is 81.6 Å². The van der Waals surface area contributed by atoms with Gasteiger partial charge in [0.15, 0.2) is 11.3 Å². The molecule has 34 heavy (non-hydrogen) atoms. The Kier molecular flexibility index (Phi) is 8.87. The molecule has 0 aromatic heterocycles. The minimum atomic E-state index is -2.56. The fourth-order valence-corrected chi connectivity index (χ4v) is 3.60. The predicted molar refractivity (Wildman–Crippen MR) is 127 cm³/mol. The molecular formula is C25H43NO8. The van der Waals surface area contributed by atoms with E-state index in [4.69, 9.17) is 18.9 Å². The van der Waals surface area contributed by atoms with Crippen molar-refractivity contribution in [2.24, 2.45) is 5.92 Å². The normalized spacial score (nSPS) is 20.8. The lowest BCUT2D eigenvalue weighted by Crippen LogP contribution is -2.77. The summed E-state index contributed by atoms with van der Waals surface area (Å²) in [6.45, 7) is 20.4. The molecule has 1 amide bonds. The first-order valence-electron chi connectivity index (χ1n) is 11.8. The highest BCUT2D eigenvalue weighted by Gasteiger charge is 2.73. The Balaban J connectivity index is 3.85. The molecule has 0 saturated heterocycles. The van der Waals surface area contributed by atoms with Gasteiger partial charge >= 0.3 is 12.1 Å². The minimum absolute atomic E-state index is 0.136. The average Bonchev–Trinajstić information content (AvgIpc) is 2.59. The quantitative estimate of drug-likeness (QED) is 0.470. The number of esters is 1. The molecule has 2 atom stereocenters. The Morgan fingerprint density at radius 2 is 1.35 bits per heavy atom. The van der Waals surface area contributed by atoms with Gasteiger partial charge in [-0.25, -0.2) is 9.59 Å². The van der Waals surface area contributed by atoms with E-state index in [1.54, 1.807) is 83.1 Å². The molecule has 0 aromatic carbocycles. The number of rotatable bonds is 9. The third-order valence-electron chi connectivity index (χ3n) is 4.57. The maximum atomic E-state index is 13.7. The van der Waals surface area contributed by atoms with E-state index in [0.29, 0.717) is 0 Å². The summed E-state index contributed by atoms with van der Waals surface area (Å²) >= 11 is 0. The van der Waals surface area contributed by atoms with Crippen LogP contribution in [0.5, 0.6) is 0 Å². The molecule has 196 valence electrons. The number of carbonyl (C=O) groups is 3. The highest BCUT2D eigenvalue weighted by molar-refractivity contribution is 6.15. The van der Waals surface area contributed by atoms with Crippen molar-refractivity contribution in [2.75, 3.05) is 0 Å². The van der Waals surface area contributed by atoms with E-state index >= 15 is 0 Å². The maximum absolute atomic E-state index is 13.7. The average molecular weight is 486 g/mol. The number of aliphatic hydroxyl groups is 1. The fraction of sp³-hybridized carbons (Fsp3) is 0.800. The van der Waals surface area contributed by atoms with Crippen molar-refractivity contribution in [3.8, 4) is 0 Å². The summed E-state index contributed by atoms with van der Waals surface area (Å²) in [6, 6.07) is 0. The molecule has 0 spiro atoms. The molecular weight excluding hydrogens is 442 g/mol. The second-order valence-corrected chi connectivity index (χ2v) is 11.7. The molecule has 1 rings (SSSR count). The SMILES string of the molecule is CC(C)CC(NC(=O)OC(C)(C)C)(C(=O)OC(C)(C)C)C1(O)C(=O)C(OC(C)C)=C1OC(C)C. The van der Waals surface area contributed by atoms with Crippen molar-refractivity contribution >= 4 is 17.8 Å². The molecule has 1 aliphatic rings. The molecule has 0 bridgehead atoms. The molecule has 0 aliphatic heterocycles. The van der Waals surface area contributed by atoms with Crippen LogP contribution in [0.1, 0.15) is 89.5 Å². The van der Waals surface area contributed by atoms with Crippen LogP contribution in [0, 0.1) is 5.92 Å². The van der Waals surface area contributed by atoms with E-state index < -0.39 is 52.4 Å². The Morgan fingerprint density at radius 1 is 0.882 bits per heavy atom. The van der Waals surface area contributed by atoms with Gasteiger partial charge in [-0.2, -0.15) is 0 Å². The third-order valence-corrected chi connectivity index (χ3v) is 4.57. The molecule has 0 fully saturated rings. The lowest BCUT2D eigenvalue weighted by Gasteiger charge is -2.50. The van der Waals surface area contributed by atoms with Crippen molar-refractivity contribution in [2.45, 2.75) is 124 Å². The molecule has 0 heterocycles. The predicted octanol–water partition coefficient (Wildman–Crippen LogP) is 4.01. The molecule has 1 aliphatic carbocycles. The van der Waals surface area contributed by atoms with Gasteiger partial charge in [0.25, 0.3) is 0 Å². The lowest BCUT2D eigenvalue weighted by atomic mass is 9.64. The van der Waals surface area contributed by atoms with Gasteiger partial charge < -0.3 is 29.4 Å². The van der Waals surface area contributed by atoms with Gasteiger partial charge in [0.1, 0.15) is 11.2 Å². The Bertz CT molecular complexity index is 816. The first-order valence-corrected chi connectivity index (χ1v) is 11.8. The standard InChI is InChI=1S/C25H43NO8/c1-14(2)13-24(20(28)33-22(7,8)9,26-21(29)34-23(10,11)12)25(30)18(27)17(31-15(3)4)19(25)32-16(5)6/h14-16,30H,13H2,1-12H3,(H,26,29). The van der Waals surface area contributed by atoms with Gasteiger partial charge in [0, 0.05) is 0 Å². The summed E-state index contributed by atoms with van der Waals surface area (Å²) in [5.74, 6) is -2.52. The fourth-order valence-electron chi connectivity index (χ4n) is 3.60. The van der Waals surface area contributed by atoms with E-state index in [1.807, 2.05) is 0 Å². The summed E-state index contributed by atoms with van der Waals surface area (Å²) < 4.78 is 22.5. The number of hydrogen-bond acceptors (Lipinski definition) is 8. The van der Waals surface area contributed by atoms with Crippen LogP contribution >= 0.6 is 0 Å². The first-order chi connectivity index (χ1) is 15.2. The van der Waals surface area contributed by atoms with Gasteiger partial charge in [-0.15, -0.1) is 0 Å². The van der Waals surface area contributed by atoms with Crippen molar-refractivity contribution in [1.82, 2.24) is 5.32 Å². The van der Waals surface area contributed by atoms with Crippen molar-refractivity contribution < 1.29 is 38.4 Å². The van der Waals surface area contributed by atoms with Crippen LogP contribution in [0.3, 0.4) is 0 Å². The summed E-state index contributed by atoms with van der Waals surface area (Å²) in [5.41, 5.74) is -6.67. The van der Waals surface area contributed by atoms with Crippen LogP contribution in [0.15, 0.2) is 11.5 Å². The van der Waals surface area contributed by atoms with Crippen LogP contribution in [-0.4, -0.2) is 57.5 Å². The molecule has 9 nitrogen and oxygen atoms in total. The second-order valence-electron chi connectivity index (χ2n) is 11.7. The van der Waals surface area contributed by atoms with Gasteiger partial charge in [0.2, 0.25) is 17.1 Å². The van der Waals surface area contributed by atoms with Crippen LogP contribution in [0.4, 0.5) is 4.79 Å². The molecule has 0 saturated carbocycles. The van der Waals surface area contributed by atoms with Crippen molar-refractivity contribution in [3.05, 3.63) is 11.5 Å². The Labute approximate surface area is 203 Å². The van der Waals surface area contributed by atoms with E-state index in [2.05, 4.69) is 5.32 Å². The zero-order chi connectivity index (χ0) is 26.9. The molecule has 2 unspecified atom stereocenters. The highest BCUT2D eigenvalue weighted by atomic mass is 16.6. The minimum Gasteiger partial charge on any atom is -0.488 e. The van der Waals surface area contributed by atoms with Gasteiger partial charge in [-0.3, -0.25) is 4.79 Å². The number of nitrogens with one attached hydrogen (secondary N) is 1. The smallest absolute Gasteiger partial charge is 0.408 e. The number of amides is 1. The molecule has 9 heteroatoms. The maximum Gasteiger partial charge on any atom is 0.408 e. The highest BCUT2D eigenvalue weighted by Crippen LogP contribution is 2.48. The van der Waals surface area contributed by atoms with Crippen LogP contribution in [0.2, 0.25) is 0 Å². The van der Waals surface area contributed by atoms with Crippen molar-refractivity contribution in [3.63, 3.8) is 0 Å². The summed E-state index contributed by atoms with van der Waals surface area (Å²) in [5, 5.41) is 14.5. The third kappa shape index (κ3) is 6.64. The summed E-state index contributed by atoms with van der Waals surface area (Å²) in [4.78, 5) is 40.2. The largest absolute Gasteiger partial charge is 0.488 e. The van der Waals surface area contributed by atoms with Crippen molar-refractivity contribution in [1.29, 1.82) is 0 Å². The number of Topliss-reactive ketones (excluding diaryl/α,β-unsaturated/α-hetero) is 1. The van der Waals surface area contributed by atoms with Crippen LogP contribution < -0.4 is 5.32 Å². The zero-order valence-corrected chi connectivity index (χ0v) is 22.7. The molecule has 0 radical (unpaired) electrons. The molecule has 0 aromatic rings. The number of ether oxygens (including phenoxy) is 4. The second kappa shape index (κ2) is 10.1. The van der Waals surface area contributed by atoms with Gasteiger partial charge in [-0.1, -0.05) is 13.8 Å². The number of alkyl carbamates (subject to hydrolysis) is 1. The van der Waals surface area contributed by atoms with E-state index in [1.165, 1.54) is 0 Å². The first kappa shape index (κ1) is 29.7. The Hall–Kier alpha value is -2.29. The zero-order valence-electron chi connectivity index (χ0n) is 22.7. The number of carbonyl (C=O) groups excluding carboxylic acids is 3. The Morgan fingerprint density at radius 3 is 1.74 bits per heavy atom.